The average molecular weight is 360 g/mol. The van der Waals surface area contributed by atoms with Crippen LogP contribution in [0.5, 0.6) is 0 Å². The molecule has 1 aliphatic rings. The van der Waals surface area contributed by atoms with Crippen molar-refractivity contribution in [3.8, 4) is 0 Å². The van der Waals surface area contributed by atoms with Crippen LogP contribution in [-0.2, 0) is 10.0 Å². The first-order valence-corrected chi connectivity index (χ1v) is 8.49. The van der Waals surface area contributed by atoms with Crippen molar-refractivity contribution in [1.82, 2.24) is 10.0 Å². The average Bonchev–Trinajstić information content (AvgIpc) is 2.74. The van der Waals surface area contributed by atoms with Gasteiger partial charge < -0.3 is 5.32 Å². The summed E-state index contributed by atoms with van der Waals surface area (Å²) in [6, 6.07) is 1.46. The maximum absolute atomic E-state index is 12.2. The molecule has 1 saturated heterocycles. The Hall–Kier alpha value is 0.340. The van der Waals surface area contributed by atoms with Crippen LogP contribution in [0.3, 0.4) is 0 Å². The fourth-order valence-electron chi connectivity index (χ4n) is 1.74. The second-order valence-corrected chi connectivity index (χ2v) is 8.97. The maximum atomic E-state index is 12.2. The van der Waals surface area contributed by atoms with E-state index in [0.717, 1.165) is 24.3 Å². The largest absolute Gasteiger partial charge is 0.315 e. The zero-order valence-electron chi connectivity index (χ0n) is 9.09. The highest BCUT2D eigenvalue weighted by Crippen LogP contribution is 2.35. The van der Waals surface area contributed by atoms with Gasteiger partial charge in [-0.25, -0.2) is 13.1 Å². The van der Waals surface area contributed by atoms with Crippen molar-refractivity contribution in [1.29, 1.82) is 0 Å². The lowest BCUT2D eigenvalue weighted by atomic mass is 10.0. The summed E-state index contributed by atoms with van der Waals surface area (Å²) in [4.78, 5) is 0. The minimum absolute atomic E-state index is 0.238. The Morgan fingerprint density at radius 2 is 2.35 bits per heavy atom. The van der Waals surface area contributed by atoms with Crippen LogP contribution in [0.15, 0.2) is 14.1 Å². The van der Waals surface area contributed by atoms with Gasteiger partial charge in [0.15, 0.2) is 0 Å². The highest BCUT2D eigenvalue weighted by Gasteiger charge is 2.34. The summed E-state index contributed by atoms with van der Waals surface area (Å²) in [5.74, 6) is 0. The lowest BCUT2D eigenvalue weighted by molar-refractivity contribution is 0.452. The molecular weight excluding hydrogens is 348 g/mol. The predicted octanol–water partition coefficient (Wildman–Crippen LogP) is 2.19. The number of halogens is 2. The molecule has 0 aliphatic carbocycles. The number of sulfonamides is 1. The van der Waals surface area contributed by atoms with Gasteiger partial charge in [-0.2, -0.15) is 0 Å². The fourth-order valence-corrected chi connectivity index (χ4v) is 5.57. The molecule has 2 rings (SSSR count). The number of hydrogen-bond acceptors (Lipinski definition) is 4. The lowest BCUT2D eigenvalue weighted by Crippen LogP contribution is -2.47. The van der Waals surface area contributed by atoms with Gasteiger partial charge in [0, 0.05) is 12.1 Å². The molecule has 0 aromatic carbocycles. The van der Waals surface area contributed by atoms with Crippen LogP contribution in [0, 0.1) is 0 Å². The molecule has 2 N–H and O–H groups in total. The molecular formula is C9H12BrClN2O2S2. The Morgan fingerprint density at radius 1 is 1.65 bits per heavy atom. The molecule has 0 amide bonds. The van der Waals surface area contributed by atoms with E-state index in [4.69, 9.17) is 11.6 Å². The molecule has 8 heteroatoms. The molecule has 1 aromatic rings. The van der Waals surface area contributed by atoms with Gasteiger partial charge in [-0.3, -0.25) is 0 Å². The summed E-state index contributed by atoms with van der Waals surface area (Å²) >= 11 is 10.2. The molecule has 2 heterocycles. The standard InChI is InChI=1S/C9H12BrClN2O2S2/c1-9(2-3-12-5-9)13-17(14,15)7-4-6(11)8(10)16-7/h4,12-13H,2-3,5H2,1H3. The van der Waals surface area contributed by atoms with E-state index in [-0.39, 0.29) is 4.21 Å². The van der Waals surface area contributed by atoms with E-state index in [2.05, 4.69) is 26.0 Å². The monoisotopic (exact) mass is 358 g/mol. The van der Waals surface area contributed by atoms with Crippen LogP contribution in [0.25, 0.3) is 0 Å². The number of thiophene rings is 1. The number of rotatable bonds is 3. The van der Waals surface area contributed by atoms with E-state index in [1.165, 1.54) is 6.07 Å². The van der Waals surface area contributed by atoms with E-state index in [9.17, 15) is 8.42 Å². The van der Waals surface area contributed by atoms with Crippen LogP contribution in [-0.4, -0.2) is 27.0 Å². The van der Waals surface area contributed by atoms with Crippen LogP contribution < -0.4 is 10.0 Å². The van der Waals surface area contributed by atoms with Crippen molar-refractivity contribution in [2.75, 3.05) is 13.1 Å². The summed E-state index contributed by atoms with van der Waals surface area (Å²) in [6.07, 6.45) is 0.784. The molecule has 0 spiro atoms. The molecule has 1 aromatic heterocycles. The van der Waals surface area contributed by atoms with E-state index in [0.29, 0.717) is 15.4 Å². The van der Waals surface area contributed by atoms with Gasteiger partial charge in [-0.1, -0.05) is 11.6 Å². The zero-order chi connectivity index (χ0) is 12.7. The van der Waals surface area contributed by atoms with Crippen molar-refractivity contribution in [2.45, 2.75) is 23.1 Å². The third-order valence-corrected chi connectivity index (χ3v) is 7.22. The summed E-state index contributed by atoms with van der Waals surface area (Å²) < 4.78 is 27.9. The third kappa shape index (κ3) is 3.02. The first-order valence-electron chi connectivity index (χ1n) is 5.02. The fraction of sp³-hybridized carbons (Fsp3) is 0.556. The van der Waals surface area contributed by atoms with Gasteiger partial charge in [-0.05, 0) is 41.9 Å². The highest BCUT2D eigenvalue weighted by atomic mass is 79.9. The maximum Gasteiger partial charge on any atom is 0.250 e. The molecule has 1 aliphatic heterocycles. The second kappa shape index (κ2) is 4.79. The summed E-state index contributed by atoms with van der Waals surface area (Å²) in [5, 5.41) is 3.57. The quantitative estimate of drug-likeness (QED) is 0.870. The van der Waals surface area contributed by atoms with Gasteiger partial charge >= 0.3 is 0 Å². The number of hydrogen-bond donors (Lipinski definition) is 2. The lowest BCUT2D eigenvalue weighted by Gasteiger charge is -2.23. The number of nitrogens with one attached hydrogen (secondary N) is 2. The van der Waals surface area contributed by atoms with Crippen LogP contribution in [0.4, 0.5) is 0 Å². The van der Waals surface area contributed by atoms with E-state index >= 15 is 0 Å². The molecule has 0 bridgehead atoms. The first kappa shape index (κ1) is 13.8. The summed E-state index contributed by atoms with van der Waals surface area (Å²) in [7, 11) is -3.49. The molecule has 1 unspecified atom stereocenters. The van der Waals surface area contributed by atoms with E-state index in [1.807, 2.05) is 6.92 Å². The SMILES string of the molecule is CC1(NS(=O)(=O)c2cc(Cl)c(Br)s2)CCNC1. The zero-order valence-corrected chi connectivity index (χ0v) is 13.1. The molecule has 1 fully saturated rings. The Morgan fingerprint density at radius 3 is 2.82 bits per heavy atom. The minimum atomic E-state index is -3.49. The molecule has 4 nitrogen and oxygen atoms in total. The Labute approximate surface area is 118 Å². The Balaban J connectivity index is 2.24. The minimum Gasteiger partial charge on any atom is -0.315 e. The van der Waals surface area contributed by atoms with Crippen LogP contribution in [0.2, 0.25) is 5.02 Å². The smallest absolute Gasteiger partial charge is 0.250 e. The first-order chi connectivity index (χ1) is 7.82. The topological polar surface area (TPSA) is 58.2 Å². The molecule has 0 saturated carbocycles. The third-order valence-electron chi connectivity index (χ3n) is 2.64. The van der Waals surface area contributed by atoms with Gasteiger partial charge in [0.05, 0.1) is 8.81 Å². The van der Waals surface area contributed by atoms with Crippen molar-refractivity contribution in [2.24, 2.45) is 0 Å². The van der Waals surface area contributed by atoms with Crippen molar-refractivity contribution < 1.29 is 8.42 Å². The van der Waals surface area contributed by atoms with Crippen molar-refractivity contribution >= 4 is 48.9 Å². The Bertz CT molecular complexity index is 504. The van der Waals surface area contributed by atoms with Gasteiger partial charge in [0.25, 0.3) is 10.0 Å². The summed E-state index contributed by atoms with van der Waals surface area (Å²) in [5.41, 5.74) is -0.415. The van der Waals surface area contributed by atoms with Crippen LogP contribution >= 0.6 is 38.9 Å². The van der Waals surface area contributed by atoms with Gasteiger partial charge in [0.2, 0.25) is 0 Å². The predicted molar refractivity (Wildman–Crippen MR) is 73.2 cm³/mol. The molecule has 1 atom stereocenters. The summed E-state index contributed by atoms with van der Waals surface area (Å²) in [6.45, 7) is 3.37. The van der Waals surface area contributed by atoms with E-state index in [1.54, 1.807) is 0 Å². The van der Waals surface area contributed by atoms with Crippen molar-refractivity contribution in [3.05, 3.63) is 14.9 Å². The van der Waals surface area contributed by atoms with Crippen molar-refractivity contribution in [3.63, 3.8) is 0 Å². The molecule has 96 valence electrons. The van der Waals surface area contributed by atoms with Gasteiger partial charge in [0.1, 0.15) is 4.21 Å². The molecule has 17 heavy (non-hydrogen) atoms. The van der Waals surface area contributed by atoms with E-state index < -0.39 is 15.6 Å². The second-order valence-electron chi connectivity index (χ2n) is 4.28. The van der Waals surface area contributed by atoms with Crippen LogP contribution in [0.1, 0.15) is 13.3 Å². The van der Waals surface area contributed by atoms with Gasteiger partial charge in [-0.15, -0.1) is 11.3 Å². The molecule has 0 radical (unpaired) electrons. The Kier molecular flexibility index (Phi) is 3.88. The highest BCUT2D eigenvalue weighted by molar-refractivity contribution is 9.11. The normalized spacial score (nSPS) is 25.4.